The zero-order chi connectivity index (χ0) is 33.8. The lowest BCUT2D eigenvalue weighted by atomic mass is 9.72. The first-order valence-corrected chi connectivity index (χ1v) is 15.5. The quantitative estimate of drug-likeness (QED) is 0.0767. The number of ketones is 2. The minimum absolute atomic E-state index is 0.000808. The number of methoxy groups -OCH3 is 1. The van der Waals surface area contributed by atoms with Crippen molar-refractivity contribution < 1.29 is 44.2 Å². The Morgan fingerprint density at radius 1 is 1.06 bits per heavy atom. The molecule has 6 atom stereocenters. The van der Waals surface area contributed by atoms with Gasteiger partial charge in [0.1, 0.15) is 27.8 Å². The molecule has 0 bridgehead atoms. The maximum atomic E-state index is 13.9. The van der Waals surface area contributed by atoms with E-state index in [-0.39, 0.29) is 58.5 Å². The fourth-order valence-corrected chi connectivity index (χ4v) is 6.74. The van der Waals surface area contributed by atoms with Crippen molar-refractivity contribution in [3.8, 4) is 17.2 Å². The van der Waals surface area contributed by atoms with Crippen LogP contribution in [0.1, 0.15) is 81.3 Å². The number of nitrogens with zero attached hydrogens (tertiary/aromatic N) is 1. The molecular weight excluding hydrogens is 626 g/mol. The van der Waals surface area contributed by atoms with Crippen molar-refractivity contribution in [1.82, 2.24) is 5.43 Å². The molecule has 3 aromatic carbocycles. The van der Waals surface area contributed by atoms with Crippen molar-refractivity contribution >= 4 is 34.5 Å². The number of phenolic OH excluding ortho intramolecular Hbond substituents is 2. The lowest BCUT2D eigenvalue weighted by Gasteiger charge is -2.42. The van der Waals surface area contributed by atoms with Crippen LogP contribution < -0.4 is 15.9 Å². The van der Waals surface area contributed by atoms with Gasteiger partial charge >= 0.3 is 0 Å². The van der Waals surface area contributed by atoms with Crippen molar-refractivity contribution in [3.63, 3.8) is 0 Å². The number of fused-ring (bicyclic) bond motifs is 3. The molecule has 0 aromatic heterocycles. The van der Waals surface area contributed by atoms with Gasteiger partial charge in [0.15, 0.2) is 12.1 Å². The Bertz CT molecular complexity index is 1800. The van der Waals surface area contributed by atoms with Gasteiger partial charge in [0, 0.05) is 47.6 Å². The summed E-state index contributed by atoms with van der Waals surface area (Å²) >= 11 is 5.46. The number of carbonyl (C=O) groups is 2. The summed E-state index contributed by atoms with van der Waals surface area (Å²) in [6, 6.07) is 12.9. The number of ether oxygens (including phenoxy) is 3. The summed E-state index contributed by atoms with van der Waals surface area (Å²) in [7, 11) is 1.36. The van der Waals surface area contributed by atoms with Crippen molar-refractivity contribution in [3.05, 3.63) is 87.5 Å². The van der Waals surface area contributed by atoms with Crippen LogP contribution in [0.2, 0.25) is 0 Å². The Morgan fingerprint density at radius 2 is 1.77 bits per heavy atom. The first kappa shape index (κ1) is 32.7. The van der Waals surface area contributed by atoms with Gasteiger partial charge in [-0.15, -0.1) is 0 Å². The summed E-state index contributed by atoms with van der Waals surface area (Å²) in [6.07, 6.45) is -4.22. The van der Waals surface area contributed by atoms with Gasteiger partial charge < -0.3 is 40.4 Å². The highest BCUT2D eigenvalue weighted by Gasteiger charge is 2.49. The number of rotatable bonds is 6. The summed E-state index contributed by atoms with van der Waals surface area (Å²) < 4.78 is 17.5. The number of phenols is 2. The van der Waals surface area contributed by atoms with Crippen LogP contribution in [0.25, 0.3) is 0 Å². The summed E-state index contributed by atoms with van der Waals surface area (Å²) in [5.74, 6) is -2.42. The average Bonchev–Trinajstić information content (AvgIpc) is 3.06. The maximum Gasteiger partial charge on any atom is 0.202 e. The van der Waals surface area contributed by atoms with Crippen LogP contribution >= 0.6 is 12.2 Å². The zero-order valence-electron chi connectivity index (χ0n) is 25.9. The van der Waals surface area contributed by atoms with Gasteiger partial charge in [0.25, 0.3) is 0 Å². The molecule has 47 heavy (non-hydrogen) atoms. The molecule has 2 aliphatic carbocycles. The highest BCUT2D eigenvalue weighted by Crippen LogP contribution is 2.52. The molecule has 0 spiro atoms. The van der Waals surface area contributed by atoms with Crippen molar-refractivity contribution in [2.45, 2.75) is 69.4 Å². The number of hydrogen-bond donors (Lipinski definition) is 6. The predicted octanol–water partition coefficient (Wildman–Crippen LogP) is 2.78. The van der Waals surface area contributed by atoms with Crippen LogP contribution in [0.4, 0.5) is 0 Å². The number of carbonyl (C=O) groups excluding carboxylic acids is 2. The summed E-state index contributed by atoms with van der Waals surface area (Å²) in [4.78, 5) is 28.0. The molecule has 12 nitrogen and oxygen atoms in total. The van der Waals surface area contributed by atoms with E-state index in [0.717, 1.165) is 0 Å². The largest absolute Gasteiger partial charge is 0.507 e. The summed E-state index contributed by atoms with van der Waals surface area (Å²) in [6.45, 7) is 3.21. The maximum absolute atomic E-state index is 13.9. The van der Waals surface area contributed by atoms with Crippen LogP contribution in [-0.2, 0) is 15.9 Å². The first-order valence-electron chi connectivity index (χ1n) is 15.1. The number of aromatic hydroxyl groups is 2. The molecule has 0 amide bonds. The lowest BCUT2D eigenvalue weighted by Crippen LogP contribution is -2.52. The number of nitrogens with two attached hydrogens (primary N) is 1. The molecule has 0 radical (unpaired) electrons. The third-order valence-corrected chi connectivity index (χ3v) is 9.50. The van der Waals surface area contributed by atoms with Crippen LogP contribution in [0, 0.1) is 0 Å². The van der Waals surface area contributed by atoms with Crippen molar-refractivity contribution in [2.24, 2.45) is 10.8 Å². The van der Waals surface area contributed by atoms with E-state index in [4.69, 9.17) is 32.2 Å². The Morgan fingerprint density at radius 3 is 2.45 bits per heavy atom. The van der Waals surface area contributed by atoms with Crippen LogP contribution in [-0.4, -0.2) is 79.9 Å². The van der Waals surface area contributed by atoms with Gasteiger partial charge in [-0.1, -0.05) is 54.7 Å². The van der Waals surface area contributed by atoms with Gasteiger partial charge in [-0.2, -0.15) is 5.10 Å². The molecule has 1 aliphatic heterocycles. The highest BCUT2D eigenvalue weighted by atomic mass is 32.1. The van der Waals surface area contributed by atoms with E-state index < -0.39 is 64.9 Å². The molecule has 3 aliphatic rings. The molecule has 3 aromatic rings. The Balaban J connectivity index is 1.46. The number of benzene rings is 3. The van der Waals surface area contributed by atoms with E-state index in [1.807, 2.05) is 18.2 Å². The van der Waals surface area contributed by atoms with Crippen LogP contribution in [0.3, 0.4) is 0 Å². The van der Waals surface area contributed by atoms with Gasteiger partial charge in [-0.05, 0) is 19.9 Å². The van der Waals surface area contributed by atoms with Gasteiger partial charge in [0.05, 0.1) is 47.8 Å². The summed E-state index contributed by atoms with van der Waals surface area (Å²) in [5, 5.41) is 50.3. The number of aliphatic hydroxyl groups excluding tert-OH is 1. The topological polar surface area (TPSA) is 193 Å². The van der Waals surface area contributed by atoms with Crippen LogP contribution in [0.15, 0.2) is 53.6 Å². The molecule has 7 N–H and O–H groups in total. The number of aliphatic hydroxyl groups is 2. The normalized spacial score (nSPS) is 27.0. The molecule has 1 saturated heterocycles. The molecular formula is C34H35N3O9S. The molecule has 6 unspecified atom stereocenters. The fourth-order valence-electron chi connectivity index (χ4n) is 6.56. The van der Waals surface area contributed by atoms with Crippen molar-refractivity contribution in [2.75, 3.05) is 7.11 Å². The smallest absolute Gasteiger partial charge is 0.202 e. The highest BCUT2D eigenvalue weighted by molar-refractivity contribution is 7.80. The predicted molar refractivity (Wildman–Crippen MR) is 174 cm³/mol. The van der Waals surface area contributed by atoms with E-state index in [1.54, 1.807) is 32.0 Å². The van der Waals surface area contributed by atoms with E-state index >= 15 is 0 Å². The van der Waals surface area contributed by atoms with E-state index in [0.29, 0.717) is 10.6 Å². The monoisotopic (exact) mass is 661 g/mol. The number of thiocarbonyl (C=S) groups is 1. The minimum atomic E-state index is -1.79. The third kappa shape index (κ3) is 5.58. The summed E-state index contributed by atoms with van der Waals surface area (Å²) in [5.41, 5.74) is 7.22. The minimum Gasteiger partial charge on any atom is -0.507 e. The molecule has 1 heterocycles. The molecule has 1 fully saturated rings. The standard InChI is InChI=1S/C34H35N3O9S/c1-15-28(38)20(35)12-23(45-15)46-22-14-34(43,16(2)36-37-33(47)17-8-5-4-6-9-17)13-19-25(22)32(42)27-26(30(19)40)29(39)18-10-7-11-21(44-3)24(18)31(27)41/h4-11,15,20,22-23,28,38,40,42-43H,12-14,35H2,1-3H3,(H,37,47). The fraction of sp³-hybridized carbons (Fsp3) is 0.353. The first-order chi connectivity index (χ1) is 22.4. The molecule has 246 valence electrons. The Hall–Kier alpha value is -4.24. The number of hydrogen-bond acceptors (Lipinski definition) is 12. The second-order valence-corrected chi connectivity index (χ2v) is 12.5. The van der Waals surface area contributed by atoms with Crippen molar-refractivity contribution in [1.29, 1.82) is 0 Å². The number of hydrazone groups is 1. The third-order valence-electron chi connectivity index (χ3n) is 9.18. The van der Waals surface area contributed by atoms with E-state index in [2.05, 4.69) is 10.5 Å². The van der Waals surface area contributed by atoms with Gasteiger partial charge in [0.2, 0.25) is 5.78 Å². The second kappa shape index (κ2) is 12.4. The second-order valence-electron chi connectivity index (χ2n) is 12.1. The lowest BCUT2D eigenvalue weighted by molar-refractivity contribution is -0.245. The molecule has 6 rings (SSSR count). The Kier molecular flexibility index (Phi) is 8.63. The van der Waals surface area contributed by atoms with E-state index in [1.165, 1.54) is 19.2 Å². The van der Waals surface area contributed by atoms with Gasteiger partial charge in [-0.3, -0.25) is 15.0 Å². The van der Waals surface area contributed by atoms with E-state index in [9.17, 15) is 30.0 Å². The van der Waals surface area contributed by atoms with Crippen LogP contribution in [0.5, 0.6) is 17.2 Å². The van der Waals surface area contributed by atoms with Gasteiger partial charge in [-0.25, -0.2) is 0 Å². The average molecular weight is 662 g/mol. The zero-order valence-corrected chi connectivity index (χ0v) is 26.7. The molecule has 13 heteroatoms. The Labute approximate surface area is 275 Å². The molecule has 0 saturated carbocycles. The number of nitrogens with one attached hydrogen (secondary N) is 1. The SMILES string of the molecule is COc1cccc2c1C(=O)c1c(O)c3c(c(O)c1C2=O)CC(O)(C(C)=NNC(=S)c1ccccc1)CC3OC1CC(N)C(O)C(C)O1.